The van der Waals surface area contributed by atoms with Gasteiger partial charge in [0.1, 0.15) is 0 Å². The number of hydrogen-bond acceptors (Lipinski definition) is 1. The van der Waals surface area contributed by atoms with Crippen molar-refractivity contribution in [2.24, 2.45) is 0 Å². The number of nitrogens with one attached hydrogen (secondary N) is 1. The van der Waals surface area contributed by atoms with E-state index < -0.39 is 0 Å². The molecule has 2 rings (SSSR count). The zero-order chi connectivity index (χ0) is 13.8. The number of hydrogen-bond donors (Lipinski definition) is 1. The van der Waals surface area contributed by atoms with Crippen molar-refractivity contribution in [3.05, 3.63) is 35.7 Å². The average molecular weight is 260 g/mol. The molecule has 1 saturated carbocycles. The predicted octanol–water partition coefficient (Wildman–Crippen LogP) is 3.53. The SMILES string of the molecule is C=CCNC(=O)c1cc(C)n(C2CCCCC2)c1C. The van der Waals surface area contributed by atoms with Crippen LogP contribution in [0.15, 0.2) is 18.7 Å². The standard InChI is InChI=1S/C16H24N2O/c1-4-10-17-16(19)15-11-12(2)18(13(15)3)14-8-6-5-7-9-14/h4,11,14H,1,5-10H2,2-3H3,(H,17,19). The van der Waals surface area contributed by atoms with Gasteiger partial charge >= 0.3 is 0 Å². The highest BCUT2D eigenvalue weighted by molar-refractivity contribution is 5.95. The van der Waals surface area contributed by atoms with Crippen molar-refractivity contribution in [2.75, 3.05) is 6.54 Å². The van der Waals surface area contributed by atoms with Crippen molar-refractivity contribution in [3.63, 3.8) is 0 Å². The molecule has 19 heavy (non-hydrogen) atoms. The van der Waals surface area contributed by atoms with Gasteiger partial charge in [-0.3, -0.25) is 4.79 Å². The normalized spacial score (nSPS) is 16.3. The molecule has 3 nitrogen and oxygen atoms in total. The van der Waals surface area contributed by atoms with Gasteiger partial charge in [0.15, 0.2) is 0 Å². The summed E-state index contributed by atoms with van der Waals surface area (Å²) in [5.74, 6) is 0.00931. The first-order chi connectivity index (χ1) is 9.15. The third kappa shape index (κ3) is 2.91. The number of amides is 1. The van der Waals surface area contributed by atoms with Gasteiger partial charge in [-0.05, 0) is 32.8 Å². The Morgan fingerprint density at radius 1 is 1.42 bits per heavy atom. The third-order valence-electron chi connectivity index (χ3n) is 4.08. The summed E-state index contributed by atoms with van der Waals surface area (Å²) >= 11 is 0. The number of rotatable bonds is 4. The van der Waals surface area contributed by atoms with Crippen LogP contribution in [-0.2, 0) is 0 Å². The number of aryl methyl sites for hydroxylation is 1. The van der Waals surface area contributed by atoms with Crippen molar-refractivity contribution in [1.82, 2.24) is 9.88 Å². The molecule has 0 bridgehead atoms. The van der Waals surface area contributed by atoms with Crippen molar-refractivity contribution >= 4 is 5.91 Å². The average Bonchev–Trinajstić information content (AvgIpc) is 2.72. The fraction of sp³-hybridized carbons (Fsp3) is 0.562. The lowest BCUT2D eigenvalue weighted by Gasteiger charge is -2.26. The summed E-state index contributed by atoms with van der Waals surface area (Å²) in [4.78, 5) is 12.1. The van der Waals surface area contributed by atoms with E-state index in [9.17, 15) is 4.79 Å². The maximum Gasteiger partial charge on any atom is 0.253 e. The fourth-order valence-corrected chi connectivity index (χ4v) is 3.17. The lowest BCUT2D eigenvalue weighted by molar-refractivity contribution is 0.0957. The van der Waals surface area contributed by atoms with Crippen molar-refractivity contribution in [3.8, 4) is 0 Å². The summed E-state index contributed by atoms with van der Waals surface area (Å²) in [6, 6.07) is 2.59. The molecule has 0 radical (unpaired) electrons. The van der Waals surface area contributed by atoms with E-state index in [1.54, 1.807) is 6.08 Å². The Morgan fingerprint density at radius 2 is 2.11 bits per heavy atom. The zero-order valence-corrected chi connectivity index (χ0v) is 12.0. The van der Waals surface area contributed by atoms with Crippen molar-refractivity contribution in [1.29, 1.82) is 0 Å². The first-order valence-electron chi connectivity index (χ1n) is 7.22. The van der Waals surface area contributed by atoms with Crippen LogP contribution >= 0.6 is 0 Å². The molecular formula is C16H24N2O. The predicted molar refractivity (Wildman–Crippen MR) is 78.6 cm³/mol. The Bertz CT molecular complexity index is 467. The van der Waals surface area contributed by atoms with E-state index in [0.717, 1.165) is 11.3 Å². The van der Waals surface area contributed by atoms with E-state index in [-0.39, 0.29) is 5.91 Å². The van der Waals surface area contributed by atoms with E-state index in [2.05, 4.69) is 30.3 Å². The van der Waals surface area contributed by atoms with Gasteiger partial charge in [0, 0.05) is 24.0 Å². The highest BCUT2D eigenvalue weighted by Crippen LogP contribution is 2.32. The number of carbonyl (C=O) groups excluding carboxylic acids is 1. The zero-order valence-electron chi connectivity index (χ0n) is 12.0. The molecule has 0 spiro atoms. The maximum absolute atomic E-state index is 12.1. The number of carbonyl (C=O) groups is 1. The van der Waals surface area contributed by atoms with Crippen LogP contribution in [0, 0.1) is 13.8 Å². The van der Waals surface area contributed by atoms with Crippen LogP contribution in [0.3, 0.4) is 0 Å². The van der Waals surface area contributed by atoms with Crippen molar-refractivity contribution in [2.45, 2.75) is 52.0 Å². The Hall–Kier alpha value is -1.51. The van der Waals surface area contributed by atoms with Crippen LogP contribution in [0.2, 0.25) is 0 Å². The molecule has 1 amide bonds. The van der Waals surface area contributed by atoms with Crippen LogP contribution in [0.1, 0.15) is 59.9 Å². The summed E-state index contributed by atoms with van der Waals surface area (Å²) in [5.41, 5.74) is 3.11. The van der Waals surface area contributed by atoms with Crippen molar-refractivity contribution < 1.29 is 4.79 Å². The summed E-state index contributed by atoms with van der Waals surface area (Å²) < 4.78 is 2.36. The van der Waals surface area contributed by atoms with Gasteiger partial charge in [0.2, 0.25) is 0 Å². The second-order valence-electron chi connectivity index (χ2n) is 5.45. The molecule has 1 aromatic heterocycles. The van der Waals surface area contributed by atoms with Gasteiger partial charge in [-0.1, -0.05) is 25.3 Å². The van der Waals surface area contributed by atoms with E-state index in [1.165, 1.54) is 37.8 Å². The Labute approximate surface area is 115 Å². The maximum atomic E-state index is 12.1. The minimum Gasteiger partial charge on any atom is -0.349 e. The van der Waals surface area contributed by atoms with E-state index in [0.29, 0.717) is 12.6 Å². The van der Waals surface area contributed by atoms with Gasteiger partial charge in [-0.25, -0.2) is 0 Å². The van der Waals surface area contributed by atoms with Gasteiger partial charge in [-0.15, -0.1) is 6.58 Å². The van der Waals surface area contributed by atoms with E-state index in [1.807, 2.05) is 6.07 Å². The molecule has 3 heteroatoms. The first kappa shape index (κ1) is 13.9. The second-order valence-corrected chi connectivity index (χ2v) is 5.45. The minimum absolute atomic E-state index is 0.00931. The highest BCUT2D eigenvalue weighted by atomic mass is 16.1. The topological polar surface area (TPSA) is 34.0 Å². The van der Waals surface area contributed by atoms with Crippen LogP contribution in [0.25, 0.3) is 0 Å². The molecule has 1 fully saturated rings. The number of aromatic nitrogens is 1. The van der Waals surface area contributed by atoms with E-state index in [4.69, 9.17) is 0 Å². The van der Waals surface area contributed by atoms with Crippen LogP contribution in [-0.4, -0.2) is 17.0 Å². The smallest absolute Gasteiger partial charge is 0.253 e. The Balaban J connectivity index is 2.23. The molecule has 1 aliphatic carbocycles. The van der Waals surface area contributed by atoms with E-state index >= 15 is 0 Å². The van der Waals surface area contributed by atoms with Crippen LogP contribution in [0.5, 0.6) is 0 Å². The first-order valence-corrected chi connectivity index (χ1v) is 7.22. The molecule has 1 aromatic rings. The summed E-state index contributed by atoms with van der Waals surface area (Å²) in [6.07, 6.45) is 8.15. The molecule has 1 aliphatic rings. The molecule has 0 aliphatic heterocycles. The minimum atomic E-state index is 0.00931. The van der Waals surface area contributed by atoms with Crippen LogP contribution in [0.4, 0.5) is 0 Å². The highest BCUT2D eigenvalue weighted by Gasteiger charge is 2.22. The van der Waals surface area contributed by atoms with Gasteiger partial charge in [0.25, 0.3) is 5.91 Å². The fourth-order valence-electron chi connectivity index (χ4n) is 3.17. The third-order valence-corrected chi connectivity index (χ3v) is 4.08. The largest absolute Gasteiger partial charge is 0.349 e. The molecule has 0 saturated heterocycles. The lowest BCUT2D eigenvalue weighted by Crippen LogP contribution is -2.24. The summed E-state index contributed by atoms with van der Waals surface area (Å²) in [7, 11) is 0. The Kier molecular flexibility index (Phi) is 4.46. The van der Waals surface area contributed by atoms with Gasteiger partial charge in [0.05, 0.1) is 5.56 Å². The Morgan fingerprint density at radius 3 is 2.74 bits per heavy atom. The molecule has 0 atom stereocenters. The van der Waals surface area contributed by atoms with Gasteiger partial charge < -0.3 is 9.88 Å². The molecule has 1 heterocycles. The monoisotopic (exact) mass is 260 g/mol. The second kappa shape index (κ2) is 6.09. The molecule has 104 valence electrons. The molecule has 0 aromatic carbocycles. The van der Waals surface area contributed by atoms with Gasteiger partial charge in [-0.2, -0.15) is 0 Å². The number of nitrogens with zero attached hydrogens (tertiary/aromatic N) is 1. The quantitative estimate of drug-likeness (QED) is 0.826. The molecular weight excluding hydrogens is 236 g/mol. The van der Waals surface area contributed by atoms with Crippen LogP contribution < -0.4 is 5.32 Å². The molecule has 1 N–H and O–H groups in total. The summed E-state index contributed by atoms with van der Waals surface area (Å²) in [6.45, 7) is 8.31. The molecule has 0 unspecified atom stereocenters. The summed E-state index contributed by atoms with van der Waals surface area (Å²) in [5, 5.41) is 2.86. The lowest BCUT2D eigenvalue weighted by atomic mass is 9.95.